The summed E-state index contributed by atoms with van der Waals surface area (Å²) in [5.41, 5.74) is 3.18. The molecule has 94 valence electrons. The molecule has 1 N–H and O–H groups in total. The summed E-state index contributed by atoms with van der Waals surface area (Å²) in [6.07, 6.45) is 0. The molecule has 0 atom stereocenters. The molecule has 0 spiro atoms. The fourth-order valence-electron chi connectivity index (χ4n) is 2.02. The van der Waals surface area contributed by atoms with E-state index in [4.69, 9.17) is 0 Å². The molecule has 3 heteroatoms. The number of para-hydroxylation sites is 1. The number of hydrogen-bond donors (Lipinski definition) is 1. The van der Waals surface area contributed by atoms with E-state index >= 15 is 0 Å². The molecule has 0 bridgehead atoms. The molecule has 0 fully saturated rings. The number of aryl methyl sites for hydroxylation is 1. The fourth-order valence-corrected chi connectivity index (χ4v) is 2.02. The zero-order valence-corrected chi connectivity index (χ0v) is 10.5. The molecule has 2 rings (SSSR count). The minimum Gasteiger partial charge on any atom is -0.392 e. The molecule has 0 saturated carbocycles. The molecular formula is C15H16FNO. The van der Waals surface area contributed by atoms with E-state index in [9.17, 15) is 9.50 Å². The van der Waals surface area contributed by atoms with Crippen LogP contribution in [-0.4, -0.2) is 12.2 Å². The minimum absolute atomic E-state index is 0.0597. The number of rotatable bonds is 3. The molecule has 0 radical (unpaired) electrons. The molecule has 0 aliphatic rings. The van der Waals surface area contributed by atoms with Gasteiger partial charge in [0.05, 0.1) is 12.3 Å². The number of nitrogens with zero attached hydrogens (tertiary/aromatic N) is 1. The predicted octanol–water partition coefficient (Wildman–Crippen LogP) is 3.39. The lowest BCUT2D eigenvalue weighted by atomic mass is 10.1. The first-order chi connectivity index (χ1) is 8.63. The summed E-state index contributed by atoms with van der Waals surface area (Å²) in [6, 6.07) is 12.4. The monoisotopic (exact) mass is 245 g/mol. The molecule has 2 aromatic carbocycles. The maximum absolute atomic E-state index is 13.7. The molecule has 2 aromatic rings. The Bertz CT molecular complexity index is 554. The topological polar surface area (TPSA) is 23.5 Å². The van der Waals surface area contributed by atoms with E-state index in [1.165, 1.54) is 6.07 Å². The summed E-state index contributed by atoms with van der Waals surface area (Å²) < 4.78 is 13.7. The van der Waals surface area contributed by atoms with E-state index in [-0.39, 0.29) is 12.4 Å². The van der Waals surface area contributed by atoms with Gasteiger partial charge in [-0.15, -0.1) is 0 Å². The number of aliphatic hydroxyl groups excluding tert-OH is 1. The number of halogens is 1. The van der Waals surface area contributed by atoms with Gasteiger partial charge in [0.1, 0.15) is 5.82 Å². The maximum Gasteiger partial charge on any atom is 0.146 e. The van der Waals surface area contributed by atoms with E-state index in [1.54, 1.807) is 30.1 Å². The predicted molar refractivity (Wildman–Crippen MR) is 71.6 cm³/mol. The number of aliphatic hydroxyl groups is 1. The van der Waals surface area contributed by atoms with Gasteiger partial charge in [0.15, 0.2) is 0 Å². The highest BCUT2D eigenvalue weighted by molar-refractivity contribution is 5.66. The Morgan fingerprint density at radius 2 is 1.83 bits per heavy atom. The highest BCUT2D eigenvalue weighted by Gasteiger charge is 2.12. The largest absolute Gasteiger partial charge is 0.392 e. The van der Waals surface area contributed by atoms with Crippen molar-refractivity contribution in [2.75, 3.05) is 11.9 Å². The van der Waals surface area contributed by atoms with Crippen LogP contribution in [0.4, 0.5) is 15.8 Å². The zero-order valence-electron chi connectivity index (χ0n) is 10.5. The van der Waals surface area contributed by atoms with E-state index in [0.29, 0.717) is 5.69 Å². The molecule has 18 heavy (non-hydrogen) atoms. The van der Waals surface area contributed by atoms with Crippen LogP contribution in [0.2, 0.25) is 0 Å². The van der Waals surface area contributed by atoms with Crippen molar-refractivity contribution in [1.29, 1.82) is 0 Å². The molecule has 0 heterocycles. The second kappa shape index (κ2) is 5.19. The highest BCUT2D eigenvalue weighted by atomic mass is 19.1. The second-order valence-corrected chi connectivity index (χ2v) is 4.30. The lowest BCUT2D eigenvalue weighted by Gasteiger charge is -2.23. The Morgan fingerprint density at radius 1 is 1.11 bits per heavy atom. The van der Waals surface area contributed by atoms with Crippen molar-refractivity contribution >= 4 is 11.4 Å². The highest BCUT2D eigenvalue weighted by Crippen LogP contribution is 2.29. The summed E-state index contributed by atoms with van der Waals surface area (Å²) >= 11 is 0. The lowest BCUT2D eigenvalue weighted by molar-refractivity contribution is 0.282. The van der Waals surface area contributed by atoms with Crippen molar-refractivity contribution in [1.82, 2.24) is 0 Å². The average molecular weight is 245 g/mol. The Balaban J connectivity index is 2.46. The van der Waals surface area contributed by atoms with Crippen LogP contribution in [0.3, 0.4) is 0 Å². The molecule has 0 aromatic heterocycles. The number of anilines is 2. The fraction of sp³-hybridized carbons (Fsp3) is 0.200. The van der Waals surface area contributed by atoms with Gasteiger partial charge in [-0.2, -0.15) is 0 Å². The number of benzene rings is 2. The van der Waals surface area contributed by atoms with Crippen molar-refractivity contribution in [2.45, 2.75) is 13.5 Å². The third-order valence-electron chi connectivity index (χ3n) is 2.98. The summed E-state index contributed by atoms with van der Waals surface area (Å²) in [4.78, 5) is 1.75. The smallest absolute Gasteiger partial charge is 0.146 e. The van der Waals surface area contributed by atoms with Crippen molar-refractivity contribution in [3.05, 3.63) is 59.4 Å². The Morgan fingerprint density at radius 3 is 2.50 bits per heavy atom. The van der Waals surface area contributed by atoms with Crippen molar-refractivity contribution in [3.63, 3.8) is 0 Å². The first-order valence-electron chi connectivity index (χ1n) is 5.82. The molecule has 0 amide bonds. The third-order valence-corrected chi connectivity index (χ3v) is 2.98. The molecule has 0 aliphatic carbocycles. The maximum atomic E-state index is 13.7. The standard InChI is InChI=1S/C15H16FNO/c1-11-7-8-14(12(9-11)10-18)17(2)15-6-4-3-5-13(15)16/h3-9,18H,10H2,1-2H3. The minimum atomic E-state index is -0.274. The Labute approximate surface area is 106 Å². The molecule has 0 aliphatic heterocycles. The zero-order chi connectivity index (χ0) is 13.1. The van der Waals surface area contributed by atoms with Crippen LogP contribution in [0, 0.1) is 12.7 Å². The van der Waals surface area contributed by atoms with Crippen LogP contribution >= 0.6 is 0 Å². The molecule has 0 saturated heterocycles. The average Bonchev–Trinajstić information content (AvgIpc) is 2.38. The van der Waals surface area contributed by atoms with Gasteiger partial charge in [0, 0.05) is 18.3 Å². The second-order valence-electron chi connectivity index (χ2n) is 4.30. The third kappa shape index (κ3) is 2.36. The van der Waals surface area contributed by atoms with Crippen molar-refractivity contribution in [3.8, 4) is 0 Å². The van der Waals surface area contributed by atoms with E-state index in [2.05, 4.69) is 0 Å². The van der Waals surface area contributed by atoms with Crippen LogP contribution in [0.1, 0.15) is 11.1 Å². The summed E-state index contributed by atoms with van der Waals surface area (Å²) in [5, 5.41) is 9.39. The van der Waals surface area contributed by atoms with Gasteiger partial charge in [-0.05, 0) is 25.1 Å². The SMILES string of the molecule is Cc1ccc(N(C)c2ccccc2F)c(CO)c1. The van der Waals surface area contributed by atoms with Crippen LogP contribution in [0.5, 0.6) is 0 Å². The normalized spacial score (nSPS) is 10.4. The van der Waals surface area contributed by atoms with Gasteiger partial charge < -0.3 is 10.0 Å². The Kier molecular flexibility index (Phi) is 3.63. The molecule has 0 unspecified atom stereocenters. The first kappa shape index (κ1) is 12.6. The summed E-state index contributed by atoms with van der Waals surface area (Å²) in [5.74, 6) is -0.274. The van der Waals surface area contributed by atoms with Gasteiger partial charge in [0.2, 0.25) is 0 Å². The Hall–Kier alpha value is -1.87. The van der Waals surface area contributed by atoms with E-state index in [0.717, 1.165) is 16.8 Å². The molecular weight excluding hydrogens is 229 g/mol. The quantitative estimate of drug-likeness (QED) is 0.896. The van der Waals surface area contributed by atoms with Gasteiger partial charge in [-0.25, -0.2) is 4.39 Å². The van der Waals surface area contributed by atoms with Crippen LogP contribution in [-0.2, 0) is 6.61 Å². The van der Waals surface area contributed by atoms with E-state index in [1.807, 2.05) is 25.1 Å². The van der Waals surface area contributed by atoms with Crippen LogP contribution in [0.15, 0.2) is 42.5 Å². The van der Waals surface area contributed by atoms with Crippen LogP contribution in [0.25, 0.3) is 0 Å². The van der Waals surface area contributed by atoms with Gasteiger partial charge in [0.25, 0.3) is 0 Å². The van der Waals surface area contributed by atoms with Gasteiger partial charge in [-0.1, -0.05) is 29.8 Å². The van der Waals surface area contributed by atoms with Gasteiger partial charge >= 0.3 is 0 Å². The van der Waals surface area contributed by atoms with Gasteiger partial charge in [-0.3, -0.25) is 0 Å². The summed E-state index contributed by atoms with van der Waals surface area (Å²) in [6.45, 7) is 1.90. The summed E-state index contributed by atoms with van der Waals surface area (Å²) in [7, 11) is 1.79. The number of hydrogen-bond acceptors (Lipinski definition) is 2. The van der Waals surface area contributed by atoms with Crippen molar-refractivity contribution < 1.29 is 9.50 Å². The van der Waals surface area contributed by atoms with Crippen molar-refractivity contribution in [2.24, 2.45) is 0 Å². The first-order valence-corrected chi connectivity index (χ1v) is 5.82. The molecule has 2 nitrogen and oxygen atoms in total. The lowest BCUT2D eigenvalue weighted by Crippen LogP contribution is -2.13. The van der Waals surface area contributed by atoms with E-state index < -0.39 is 0 Å². The van der Waals surface area contributed by atoms with Crippen LogP contribution < -0.4 is 4.90 Å².